The van der Waals surface area contributed by atoms with Gasteiger partial charge in [-0.3, -0.25) is 9.80 Å². The van der Waals surface area contributed by atoms with Gasteiger partial charge in [-0.15, -0.1) is 11.3 Å². The van der Waals surface area contributed by atoms with Gasteiger partial charge >= 0.3 is 0 Å². The van der Waals surface area contributed by atoms with Gasteiger partial charge in [0, 0.05) is 24.2 Å². The third-order valence-electron chi connectivity index (χ3n) is 5.89. The highest BCUT2D eigenvalue weighted by atomic mass is 32.1. The second-order valence-electron chi connectivity index (χ2n) is 7.51. The summed E-state index contributed by atoms with van der Waals surface area (Å²) in [5.74, 6) is 0. The summed E-state index contributed by atoms with van der Waals surface area (Å²) in [5, 5.41) is 12.2. The van der Waals surface area contributed by atoms with Gasteiger partial charge in [0.05, 0.1) is 18.2 Å². The lowest BCUT2D eigenvalue weighted by atomic mass is 9.92. The molecule has 2 aromatic rings. The normalized spacial score (nSPS) is 22.2. The zero-order chi connectivity index (χ0) is 17.3. The van der Waals surface area contributed by atoms with E-state index in [1.165, 1.54) is 42.9 Å². The first-order valence-electron chi connectivity index (χ1n) is 8.98. The van der Waals surface area contributed by atoms with Gasteiger partial charge < -0.3 is 0 Å². The van der Waals surface area contributed by atoms with Crippen LogP contribution in [-0.2, 0) is 13.1 Å². The number of hydrogen-bond acceptors (Lipinski definition) is 5. The second kappa shape index (κ2) is 6.87. The summed E-state index contributed by atoms with van der Waals surface area (Å²) in [7, 11) is 2.25. The Morgan fingerprint density at radius 3 is 2.72 bits per heavy atom. The van der Waals surface area contributed by atoms with Crippen LogP contribution in [0.15, 0.2) is 35.8 Å². The van der Waals surface area contributed by atoms with Gasteiger partial charge in [0.1, 0.15) is 5.01 Å². The minimum atomic E-state index is 0.549. The maximum atomic E-state index is 8.90. The fraction of sp³-hybridized carbons (Fsp3) is 0.500. The molecule has 2 aliphatic rings. The van der Waals surface area contributed by atoms with E-state index in [0.717, 1.165) is 24.7 Å². The van der Waals surface area contributed by atoms with Gasteiger partial charge in [0.25, 0.3) is 0 Å². The van der Waals surface area contributed by atoms with Gasteiger partial charge in [-0.25, -0.2) is 4.98 Å². The van der Waals surface area contributed by atoms with Crippen molar-refractivity contribution < 1.29 is 0 Å². The van der Waals surface area contributed by atoms with Crippen LogP contribution in [0.5, 0.6) is 0 Å². The summed E-state index contributed by atoms with van der Waals surface area (Å²) in [6.45, 7) is 4.35. The number of piperidine rings is 1. The van der Waals surface area contributed by atoms with Crippen molar-refractivity contribution in [3.63, 3.8) is 0 Å². The molecule has 25 heavy (non-hydrogen) atoms. The van der Waals surface area contributed by atoms with Crippen molar-refractivity contribution in [1.82, 2.24) is 14.8 Å². The van der Waals surface area contributed by atoms with Crippen LogP contribution in [0.2, 0.25) is 0 Å². The van der Waals surface area contributed by atoms with Gasteiger partial charge in [-0.2, -0.15) is 5.26 Å². The number of thiazole rings is 1. The number of aromatic nitrogens is 1. The van der Waals surface area contributed by atoms with Crippen LogP contribution in [-0.4, -0.2) is 41.0 Å². The number of nitrogens with zero attached hydrogens (tertiary/aromatic N) is 4. The molecule has 2 heterocycles. The molecular formula is C20H24N4S. The Balaban J connectivity index is 1.28. The summed E-state index contributed by atoms with van der Waals surface area (Å²) in [6, 6.07) is 10.9. The Morgan fingerprint density at radius 1 is 1.32 bits per heavy atom. The lowest BCUT2D eigenvalue weighted by Crippen LogP contribution is -2.37. The molecule has 130 valence electrons. The van der Waals surface area contributed by atoms with Crippen molar-refractivity contribution >= 4 is 11.3 Å². The van der Waals surface area contributed by atoms with Gasteiger partial charge in [-0.05, 0) is 62.5 Å². The highest BCUT2D eigenvalue weighted by Gasteiger charge is 2.56. The maximum Gasteiger partial charge on any atom is 0.107 e. The first-order chi connectivity index (χ1) is 12.2. The van der Waals surface area contributed by atoms with Crippen molar-refractivity contribution in [2.75, 3.05) is 20.1 Å². The number of rotatable bonds is 5. The quantitative estimate of drug-likeness (QED) is 0.826. The van der Waals surface area contributed by atoms with Crippen LogP contribution in [0.25, 0.3) is 0 Å². The Labute approximate surface area is 153 Å². The summed E-state index contributed by atoms with van der Waals surface area (Å²) in [4.78, 5) is 9.49. The molecule has 0 bridgehead atoms. The Bertz CT molecular complexity index is 739. The van der Waals surface area contributed by atoms with E-state index in [1.807, 2.05) is 18.3 Å². The average Bonchev–Trinajstić information content (AvgIpc) is 3.09. The van der Waals surface area contributed by atoms with E-state index in [4.69, 9.17) is 5.26 Å². The lowest BCUT2D eigenvalue weighted by molar-refractivity contribution is 0.139. The molecule has 0 radical (unpaired) electrons. The monoisotopic (exact) mass is 352 g/mol. The topological polar surface area (TPSA) is 43.2 Å². The van der Waals surface area contributed by atoms with Crippen LogP contribution in [0.4, 0.5) is 0 Å². The summed E-state index contributed by atoms with van der Waals surface area (Å²) in [5.41, 5.74) is 2.60. The fourth-order valence-corrected chi connectivity index (χ4v) is 4.92. The predicted molar refractivity (Wildman–Crippen MR) is 100 cm³/mol. The molecule has 0 N–H and O–H groups in total. The highest BCUT2D eigenvalue weighted by molar-refractivity contribution is 7.09. The van der Waals surface area contributed by atoms with Crippen LogP contribution < -0.4 is 0 Å². The Hall–Kier alpha value is -1.74. The van der Waals surface area contributed by atoms with E-state index < -0.39 is 0 Å². The standard InChI is InChI=1S/C20H24N4S/c1-23(15-19-22-8-11-25-19)18-12-20(18)6-9-24(10-7-20)14-17-4-2-16(13-21)3-5-17/h2-5,8,11,18H,6-7,9-10,12,14-15H2,1H3/t18-/m1/s1. The molecule has 2 fully saturated rings. The molecule has 1 aliphatic heterocycles. The second-order valence-corrected chi connectivity index (χ2v) is 8.49. The van der Waals surface area contributed by atoms with E-state index in [0.29, 0.717) is 5.41 Å². The molecular weight excluding hydrogens is 328 g/mol. The molecule has 1 aliphatic carbocycles. The minimum absolute atomic E-state index is 0.549. The van der Waals surface area contributed by atoms with E-state index in [-0.39, 0.29) is 0 Å². The predicted octanol–water partition coefficient (Wildman–Crippen LogP) is 3.50. The number of nitriles is 1. The molecule has 4 rings (SSSR count). The Morgan fingerprint density at radius 2 is 2.08 bits per heavy atom. The van der Waals surface area contributed by atoms with Gasteiger partial charge in [-0.1, -0.05) is 12.1 Å². The summed E-state index contributed by atoms with van der Waals surface area (Å²) in [6.07, 6.45) is 5.85. The molecule has 1 aromatic carbocycles. The van der Waals surface area contributed by atoms with E-state index in [9.17, 15) is 0 Å². The maximum absolute atomic E-state index is 8.90. The van der Waals surface area contributed by atoms with Crippen LogP contribution in [0.3, 0.4) is 0 Å². The molecule has 1 atom stereocenters. The number of hydrogen-bond donors (Lipinski definition) is 0. The molecule has 0 unspecified atom stereocenters. The number of benzene rings is 1. The minimum Gasteiger partial charge on any atom is -0.299 e. The van der Waals surface area contributed by atoms with Crippen molar-refractivity contribution in [2.45, 2.75) is 38.4 Å². The van der Waals surface area contributed by atoms with E-state index in [1.54, 1.807) is 11.3 Å². The average molecular weight is 353 g/mol. The smallest absolute Gasteiger partial charge is 0.107 e. The fourth-order valence-electron chi connectivity index (χ4n) is 4.24. The third-order valence-corrected chi connectivity index (χ3v) is 6.65. The van der Waals surface area contributed by atoms with Crippen molar-refractivity contribution in [3.05, 3.63) is 52.0 Å². The van der Waals surface area contributed by atoms with Gasteiger partial charge in [0.15, 0.2) is 0 Å². The molecule has 1 aromatic heterocycles. The third kappa shape index (κ3) is 3.62. The number of likely N-dealkylation sites (tertiary alicyclic amines) is 1. The van der Waals surface area contributed by atoms with E-state index in [2.05, 4.69) is 45.4 Å². The first kappa shape index (κ1) is 16.7. The van der Waals surface area contributed by atoms with Crippen LogP contribution in [0, 0.1) is 16.7 Å². The van der Waals surface area contributed by atoms with Crippen molar-refractivity contribution in [3.8, 4) is 6.07 Å². The van der Waals surface area contributed by atoms with Crippen LogP contribution in [0.1, 0.15) is 35.4 Å². The summed E-state index contributed by atoms with van der Waals surface area (Å²) < 4.78 is 0. The zero-order valence-corrected chi connectivity index (χ0v) is 15.5. The molecule has 1 spiro atoms. The molecule has 4 nitrogen and oxygen atoms in total. The largest absolute Gasteiger partial charge is 0.299 e. The van der Waals surface area contributed by atoms with Crippen molar-refractivity contribution in [1.29, 1.82) is 5.26 Å². The molecule has 5 heteroatoms. The first-order valence-corrected chi connectivity index (χ1v) is 9.86. The molecule has 1 saturated heterocycles. The van der Waals surface area contributed by atoms with Crippen LogP contribution >= 0.6 is 11.3 Å². The molecule has 0 amide bonds. The zero-order valence-electron chi connectivity index (χ0n) is 14.7. The SMILES string of the molecule is CN(Cc1nccs1)[C@@H]1CC12CCN(Cc1ccc(C#N)cc1)CC2. The van der Waals surface area contributed by atoms with Crippen molar-refractivity contribution in [2.24, 2.45) is 5.41 Å². The highest BCUT2D eigenvalue weighted by Crippen LogP contribution is 2.56. The summed E-state index contributed by atoms with van der Waals surface area (Å²) >= 11 is 1.75. The van der Waals surface area contributed by atoms with E-state index >= 15 is 0 Å². The lowest BCUT2D eigenvalue weighted by Gasteiger charge is -2.34. The Kier molecular flexibility index (Phi) is 4.60. The molecule has 1 saturated carbocycles. The van der Waals surface area contributed by atoms with Gasteiger partial charge in [0.2, 0.25) is 0 Å².